The Morgan fingerprint density at radius 3 is 2.71 bits per heavy atom. The van der Waals surface area contributed by atoms with Crippen molar-refractivity contribution >= 4 is 17.5 Å². The van der Waals surface area contributed by atoms with Gasteiger partial charge in [0.25, 0.3) is 0 Å². The molecule has 12 heteroatoms. The topological polar surface area (TPSA) is 154 Å². The summed E-state index contributed by atoms with van der Waals surface area (Å²) in [5.41, 5.74) is 4.86. The van der Waals surface area contributed by atoms with E-state index in [2.05, 4.69) is 31.9 Å². The van der Waals surface area contributed by atoms with Gasteiger partial charge in [-0.2, -0.15) is 5.26 Å². The smallest absolute Gasteiger partial charge is 0.240 e. The van der Waals surface area contributed by atoms with Crippen LogP contribution in [0.2, 0.25) is 5.02 Å². The number of amides is 1. The minimum absolute atomic E-state index is 0.0735. The van der Waals surface area contributed by atoms with Crippen LogP contribution in [-0.2, 0) is 4.79 Å². The second-order valence-electron chi connectivity index (χ2n) is 8.29. The van der Waals surface area contributed by atoms with Gasteiger partial charge in [0.2, 0.25) is 11.8 Å². The number of nitrogens with two attached hydrogens (primary N) is 1. The highest BCUT2D eigenvalue weighted by atomic mass is 35.5. The maximum Gasteiger partial charge on any atom is 0.240 e. The van der Waals surface area contributed by atoms with Crippen molar-refractivity contribution in [2.45, 2.75) is 44.3 Å². The molecule has 0 fully saturated rings. The Labute approximate surface area is 208 Å². The van der Waals surface area contributed by atoms with E-state index in [4.69, 9.17) is 26.8 Å². The van der Waals surface area contributed by atoms with Gasteiger partial charge in [0.05, 0.1) is 35.7 Å². The third-order valence-electron chi connectivity index (χ3n) is 4.96. The number of para-hydroxylation sites is 1. The molecule has 2 heterocycles. The second kappa shape index (κ2) is 12.1. The molecule has 0 saturated heterocycles. The van der Waals surface area contributed by atoms with Crippen molar-refractivity contribution in [2.24, 2.45) is 5.73 Å². The SMILES string of the molecule is CC(C)(N)C(=O)N[C@H](CCOc1ccccc1Cl)c1nnnn1[C@H](CC#N)COc1ccccn1. The predicted octanol–water partition coefficient (Wildman–Crippen LogP) is 2.62. The predicted molar refractivity (Wildman–Crippen MR) is 128 cm³/mol. The van der Waals surface area contributed by atoms with Gasteiger partial charge in [0.15, 0.2) is 5.82 Å². The normalized spacial score (nSPS) is 12.9. The zero-order valence-corrected chi connectivity index (χ0v) is 20.2. The van der Waals surface area contributed by atoms with Crippen LogP contribution in [0, 0.1) is 11.3 Å². The molecule has 0 aliphatic rings. The van der Waals surface area contributed by atoms with Crippen molar-refractivity contribution in [3.8, 4) is 17.7 Å². The molecular formula is C23H27ClN8O3. The number of carbonyl (C=O) groups is 1. The third-order valence-corrected chi connectivity index (χ3v) is 5.27. The van der Waals surface area contributed by atoms with E-state index in [-0.39, 0.29) is 19.6 Å². The number of nitrogens with zero attached hydrogens (tertiary/aromatic N) is 6. The Morgan fingerprint density at radius 2 is 2.03 bits per heavy atom. The number of halogens is 1. The summed E-state index contributed by atoms with van der Waals surface area (Å²) < 4.78 is 13.0. The number of ether oxygens (including phenoxy) is 2. The number of hydrogen-bond acceptors (Lipinski definition) is 9. The quantitative estimate of drug-likeness (QED) is 0.383. The number of nitriles is 1. The maximum absolute atomic E-state index is 12.7. The second-order valence-corrected chi connectivity index (χ2v) is 8.70. The molecule has 0 unspecified atom stereocenters. The van der Waals surface area contributed by atoms with Crippen LogP contribution in [0.15, 0.2) is 48.7 Å². The lowest BCUT2D eigenvalue weighted by molar-refractivity contribution is -0.126. The molecule has 0 aliphatic carbocycles. The summed E-state index contributed by atoms with van der Waals surface area (Å²) in [5, 5.41) is 24.8. The van der Waals surface area contributed by atoms with Crippen LogP contribution >= 0.6 is 11.6 Å². The standard InChI is InChI=1S/C23H27ClN8O3/c1-23(2,26)22(33)28-18(11-14-34-19-8-4-3-7-17(19)24)21-29-30-31-32(21)16(10-12-25)15-35-20-9-5-6-13-27-20/h3-9,13,16,18H,10-11,14-15,26H2,1-2H3,(H,28,33)/t16-,18-/m1/s1. The third kappa shape index (κ3) is 7.37. The molecule has 2 aromatic heterocycles. The van der Waals surface area contributed by atoms with Gasteiger partial charge in [-0.15, -0.1) is 5.10 Å². The lowest BCUT2D eigenvalue weighted by Gasteiger charge is -2.25. The summed E-state index contributed by atoms with van der Waals surface area (Å²) >= 11 is 6.17. The fourth-order valence-electron chi connectivity index (χ4n) is 3.08. The molecule has 0 radical (unpaired) electrons. The summed E-state index contributed by atoms with van der Waals surface area (Å²) in [5.74, 6) is 0.878. The fourth-order valence-corrected chi connectivity index (χ4v) is 3.27. The van der Waals surface area contributed by atoms with Gasteiger partial charge < -0.3 is 20.5 Å². The van der Waals surface area contributed by atoms with Crippen molar-refractivity contribution < 1.29 is 14.3 Å². The van der Waals surface area contributed by atoms with Crippen molar-refractivity contribution in [1.82, 2.24) is 30.5 Å². The number of hydrogen-bond donors (Lipinski definition) is 2. The van der Waals surface area contributed by atoms with E-state index in [9.17, 15) is 10.1 Å². The zero-order valence-electron chi connectivity index (χ0n) is 19.5. The van der Waals surface area contributed by atoms with E-state index < -0.39 is 23.5 Å². The first kappa shape index (κ1) is 25.9. The van der Waals surface area contributed by atoms with Crippen LogP contribution < -0.4 is 20.5 Å². The Morgan fingerprint density at radius 1 is 1.26 bits per heavy atom. The minimum atomic E-state index is -1.13. The molecule has 1 aromatic carbocycles. The highest BCUT2D eigenvalue weighted by molar-refractivity contribution is 6.32. The average molecular weight is 499 g/mol. The lowest BCUT2D eigenvalue weighted by atomic mass is 10.0. The summed E-state index contributed by atoms with van der Waals surface area (Å²) in [6.45, 7) is 3.51. The molecule has 11 nitrogen and oxygen atoms in total. The van der Waals surface area contributed by atoms with E-state index in [1.165, 1.54) is 4.68 Å². The van der Waals surface area contributed by atoms with Crippen LogP contribution in [0.25, 0.3) is 0 Å². The molecule has 0 spiro atoms. The van der Waals surface area contributed by atoms with Crippen LogP contribution in [0.3, 0.4) is 0 Å². The summed E-state index contributed by atoms with van der Waals surface area (Å²) in [4.78, 5) is 16.8. The fraction of sp³-hybridized carbons (Fsp3) is 0.391. The van der Waals surface area contributed by atoms with Crippen molar-refractivity contribution in [3.05, 3.63) is 59.5 Å². The van der Waals surface area contributed by atoms with E-state index in [1.807, 2.05) is 6.07 Å². The van der Waals surface area contributed by atoms with Gasteiger partial charge in [-0.25, -0.2) is 9.67 Å². The van der Waals surface area contributed by atoms with Crippen LogP contribution in [0.1, 0.15) is 44.6 Å². The molecule has 2 atom stereocenters. The van der Waals surface area contributed by atoms with Gasteiger partial charge in [-0.05, 0) is 42.5 Å². The molecule has 3 aromatic rings. The number of aromatic nitrogens is 5. The Hall–Kier alpha value is -3.75. The number of tetrazole rings is 1. The number of nitrogens with one attached hydrogen (secondary N) is 1. The van der Waals surface area contributed by atoms with Crippen LogP contribution in [0.4, 0.5) is 0 Å². The molecule has 35 heavy (non-hydrogen) atoms. The molecule has 3 N–H and O–H groups in total. The maximum atomic E-state index is 12.7. The molecular weight excluding hydrogens is 472 g/mol. The number of carbonyl (C=O) groups excluding carboxylic acids is 1. The molecule has 184 valence electrons. The zero-order chi connectivity index (χ0) is 25.3. The summed E-state index contributed by atoms with van der Waals surface area (Å²) in [6.07, 6.45) is 1.99. The van der Waals surface area contributed by atoms with Crippen LogP contribution in [0.5, 0.6) is 11.6 Å². The Kier molecular flexibility index (Phi) is 8.94. The van der Waals surface area contributed by atoms with Gasteiger partial charge in [0.1, 0.15) is 18.4 Å². The van der Waals surface area contributed by atoms with E-state index in [1.54, 1.807) is 56.4 Å². The number of pyridine rings is 1. The van der Waals surface area contributed by atoms with Crippen molar-refractivity contribution in [2.75, 3.05) is 13.2 Å². The van der Waals surface area contributed by atoms with Crippen molar-refractivity contribution in [3.63, 3.8) is 0 Å². The monoisotopic (exact) mass is 498 g/mol. The molecule has 3 rings (SSSR count). The average Bonchev–Trinajstić information content (AvgIpc) is 3.32. The van der Waals surface area contributed by atoms with Gasteiger partial charge >= 0.3 is 0 Å². The van der Waals surface area contributed by atoms with E-state index in [0.29, 0.717) is 28.9 Å². The largest absolute Gasteiger partial charge is 0.492 e. The minimum Gasteiger partial charge on any atom is -0.492 e. The van der Waals surface area contributed by atoms with E-state index >= 15 is 0 Å². The molecule has 0 bridgehead atoms. The molecule has 1 amide bonds. The van der Waals surface area contributed by atoms with Gasteiger partial charge in [-0.3, -0.25) is 4.79 Å². The first-order valence-corrected chi connectivity index (χ1v) is 11.3. The highest BCUT2D eigenvalue weighted by Crippen LogP contribution is 2.25. The van der Waals surface area contributed by atoms with Gasteiger partial charge in [0, 0.05) is 18.7 Å². The Balaban J connectivity index is 1.80. The first-order valence-electron chi connectivity index (χ1n) is 10.9. The Bertz CT molecular complexity index is 1140. The van der Waals surface area contributed by atoms with E-state index in [0.717, 1.165) is 0 Å². The molecule has 0 aliphatic heterocycles. The number of rotatable bonds is 12. The first-order chi connectivity index (χ1) is 16.8. The van der Waals surface area contributed by atoms with Gasteiger partial charge in [-0.1, -0.05) is 29.8 Å². The summed E-state index contributed by atoms with van der Waals surface area (Å²) in [6, 6.07) is 13.3. The summed E-state index contributed by atoms with van der Waals surface area (Å²) in [7, 11) is 0. The highest BCUT2D eigenvalue weighted by Gasteiger charge is 2.30. The van der Waals surface area contributed by atoms with Crippen molar-refractivity contribution in [1.29, 1.82) is 5.26 Å². The number of benzene rings is 1. The molecule has 0 saturated carbocycles. The van der Waals surface area contributed by atoms with Crippen LogP contribution in [-0.4, -0.2) is 49.9 Å². The lowest BCUT2D eigenvalue weighted by Crippen LogP contribution is -2.50.